The van der Waals surface area contributed by atoms with E-state index < -0.39 is 0 Å². The van der Waals surface area contributed by atoms with Crippen LogP contribution in [0.25, 0.3) is 0 Å². The van der Waals surface area contributed by atoms with Gasteiger partial charge in [0.05, 0.1) is 0 Å². The predicted molar refractivity (Wildman–Crippen MR) is 111 cm³/mol. The summed E-state index contributed by atoms with van der Waals surface area (Å²) in [6, 6.07) is 14.7. The quantitative estimate of drug-likeness (QED) is 0.666. The van der Waals surface area contributed by atoms with E-state index in [1.54, 1.807) is 0 Å². The van der Waals surface area contributed by atoms with E-state index in [0.29, 0.717) is 5.75 Å². The van der Waals surface area contributed by atoms with Crippen molar-refractivity contribution in [1.82, 2.24) is 0 Å². The summed E-state index contributed by atoms with van der Waals surface area (Å²) in [7, 11) is 0. The van der Waals surface area contributed by atoms with Crippen LogP contribution in [-0.2, 0) is 27.1 Å². The van der Waals surface area contributed by atoms with Gasteiger partial charge in [-0.1, -0.05) is 73.0 Å². The largest absolute Gasteiger partial charge is 2.00 e. The molecule has 0 bridgehead atoms. The minimum Gasteiger partial charge on any atom is -1.00 e. The van der Waals surface area contributed by atoms with Crippen LogP contribution in [0.2, 0.25) is 0 Å². The first-order valence-electron chi connectivity index (χ1n) is 9.41. The molecule has 0 amide bonds. The number of benzene rings is 2. The fourth-order valence-corrected chi connectivity index (χ4v) is 4.33. The van der Waals surface area contributed by atoms with Gasteiger partial charge in [-0.15, -0.1) is 0 Å². The molecule has 0 spiro atoms. The summed E-state index contributed by atoms with van der Waals surface area (Å²) >= 11 is 0. The molecule has 1 aliphatic carbocycles. The Bertz CT molecular complexity index is 903. The molecule has 0 aliphatic heterocycles. The average Bonchev–Trinajstić information content (AvgIpc) is 2.81. The minimum absolute atomic E-state index is 0. The van der Waals surface area contributed by atoms with Crippen molar-refractivity contribution in [3.63, 3.8) is 0 Å². The Morgan fingerprint density at radius 2 is 1.28 bits per heavy atom. The molecule has 0 unspecified atom stereocenters. The second-order valence-electron chi connectivity index (χ2n) is 8.29. The molecule has 1 aliphatic rings. The molecule has 0 fully saturated rings. The zero-order valence-electron chi connectivity index (χ0n) is 18.3. The van der Waals surface area contributed by atoms with E-state index in [0.717, 1.165) is 11.1 Å². The van der Waals surface area contributed by atoms with Gasteiger partial charge >= 0.3 is 21.7 Å². The van der Waals surface area contributed by atoms with Gasteiger partial charge in [-0.25, -0.2) is 0 Å². The van der Waals surface area contributed by atoms with Gasteiger partial charge in [0.1, 0.15) is 5.75 Å². The number of rotatable bonds is 3. The smallest absolute Gasteiger partial charge is 1.00 e. The number of hydrogen-bond donors (Lipinski definition) is 1. The number of allylic oxidation sites excluding steroid dienone is 4. The number of halogens is 2. The average molecular weight is 465 g/mol. The van der Waals surface area contributed by atoms with Crippen LogP contribution in [0.5, 0.6) is 5.75 Å². The van der Waals surface area contributed by atoms with Crippen molar-refractivity contribution in [3.05, 3.63) is 87.0 Å². The number of aryl methyl sites for hydroxylation is 1. The normalized spacial score (nSPS) is 14.3. The summed E-state index contributed by atoms with van der Waals surface area (Å²) in [5, 5.41) is 11.3. The molecular formula is C25H30Cl2OTi. The second kappa shape index (κ2) is 10.4. The Balaban J connectivity index is 0.00000261. The van der Waals surface area contributed by atoms with Gasteiger partial charge in [0.15, 0.2) is 0 Å². The Morgan fingerprint density at radius 3 is 1.76 bits per heavy atom. The van der Waals surface area contributed by atoms with Crippen molar-refractivity contribution in [2.24, 2.45) is 0 Å². The first-order valence-corrected chi connectivity index (χ1v) is 9.41. The monoisotopic (exact) mass is 464 g/mol. The molecule has 0 aromatic heterocycles. The van der Waals surface area contributed by atoms with Crippen LogP contribution in [0.1, 0.15) is 69.7 Å². The maximum absolute atomic E-state index is 11.3. The molecule has 0 saturated carbocycles. The van der Waals surface area contributed by atoms with Crippen LogP contribution < -0.4 is 24.8 Å². The fourth-order valence-electron chi connectivity index (χ4n) is 4.33. The van der Waals surface area contributed by atoms with Crippen molar-refractivity contribution in [2.45, 2.75) is 59.8 Å². The van der Waals surface area contributed by atoms with Crippen molar-refractivity contribution in [3.8, 4) is 5.75 Å². The van der Waals surface area contributed by atoms with E-state index in [2.05, 4.69) is 84.9 Å². The molecule has 0 saturated heterocycles. The molecule has 154 valence electrons. The van der Waals surface area contributed by atoms with E-state index >= 15 is 0 Å². The molecule has 29 heavy (non-hydrogen) atoms. The van der Waals surface area contributed by atoms with Crippen LogP contribution in [0.3, 0.4) is 0 Å². The van der Waals surface area contributed by atoms with E-state index in [-0.39, 0.29) is 57.9 Å². The van der Waals surface area contributed by atoms with Crippen LogP contribution in [0.15, 0.2) is 64.8 Å². The summed E-state index contributed by atoms with van der Waals surface area (Å²) in [6.45, 7) is 15.3. The molecule has 4 heteroatoms. The number of hydrogen-bond acceptors (Lipinski definition) is 1. The third-order valence-corrected chi connectivity index (χ3v) is 6.38. The van der Waals surface area contributed by atoms with Crippen molar-refractivity contribution in [1.29, 1.82) is 0 Å². The summed E-state index contributed by atoms with van der Waals surface area (Å²) in [4.78, 5) is 0. The molecule has 0 radical (unpaired) electrons. The van der Waals surface area contributed by atoms with E-state index in [1.165, 1.54) is 33.4 Å². The fraction of sp³-hybridized carbons (Fsp3) is 0.360. The van der Waals surface area contributed by atoms with Gasteiger partial charge in [0.2, 0.25) is 0 Å². The molecule has 1 nitrogen and oxygen atoms in total. The third-order valence-electron chi connectivity index (χ3n) is 6.38. The summed E-state index contributed by atoms with van der Waals surface area (Å²) in [6.07, 6.45) is 0. The summed E-state index contributed by atoms with van der Waals surface area (Å²) in [5.41, 5.74) is 9.61. The minimum atomic E-state index is -0.260. The number of phenolic OH excluding ortho intramolecular Hbond substituents is 1. The summed E-state index contributed by atoms with van der Waals surface area (Å²) < 4.78 is 0. The Labute approximate surface area is 203 Å². The van der Waals surface area contributed by atoms with Crippen molar-refractivity contribution >= 4 is 0 Å². The van der Waals surface area contributed by atoms with Crippen LogP contribution in [0, 0.1) is 6.92 Å². The van der Waals surface area contributed by atoms with Gasteiger partial charge in [-0.3, -0.25) is 0 Å². The van der Waals surface area contributed by atoms with Crippen LogP contribution in [0.4, 0.5) is 0 Å². The number of phenols is 1. The van der Waals surface area contributed by atoms with E-state index in [9.17, 15) is 5.11 Å². The van der Waals surface area contributed by atoms with Crippen LogP contribution >= 0.6 is 0 Å². The van der Waals surface area contributed by atoms with Gasteiger partial charge < -0.3 is 29.9 Å². The maximum Gasteiger partial charge on any atom is 2.00 e. The maximum atomic E-state index is 11.3. The molecule has 0 atom stereocenters. The molecular weight excluding hydrogens is 435 g/mol. The summed E-state index contributed by atoms with van der Waals surface area (Å²) in [5.74, 6) is 0.621. The Morgan fingerprint density at radius 1 is 0.793 bits per heavy atom. The first kappa shape index (κ1) is 28.0. The first-order chi connectivity index (χ1) is 12.2. The standard InChI is InChI=1S/C25H30O.2ClH.Ti/c1-15-13-21(23-18(4)16(2)17(3)19(23)5)24(26)22(14-15)25(6,7)20-11-9-8-10-12-20;;;/h8-14,23,26H,1-7H3;2*1H;/q;;;+2/p-2. The van der Waals surface area contributed by atoms with E-state index in [1.807, 2.05) is 6.07 Å². The molecule has 2 aromatic rings. The molecule has 3 rings (SSSR count). The topological polar surface area (TPSA) is 20.2 Å². The van der Waals surface area contributed by atoms with Crippen LogP contribution in [-0.4, -0.2) is 5.11 Å². The zero-order chi connectivity index (χ0) is 19.2. The van der Waals surface area contributed by atoms with E-state index in [4.69, 9.17) is 0 Å². The molecule has 0 heterocycles. The molecule has 2 aromatic carbocycles. The van der Waals surface area contributed by atoms with Gasteiger partial charge in [-0.2, -0.15) is 0 Å². The second-order valence-corrected chi connectivity index (χ2v) is 8.29. The van der Waals surface area contributed by atoms with Gasteiger partial charge in [-0.05, 0) is 51.3 Å². The SMILES string of the molecule is CC1=C(C)C(c2cc(C)cc(C(C)(C)c3ccccc3)c2O)C(C)=C1C.[Cl-].[Cl-].[Ti+2]. The predicted octanol–water partition coefficient (Wildman–Crippen LogP) is 0.802. The Kier molecular flexibility index (Phi) is 10.0. The number of aromatic hydroxyl groups is 1. The molecule has 1 N–H and O–H groups in total. The van der Waals surface area contributed by atoms with Crippen molar-refractivity contribution in [2.75, 3.05) is 0 Å². The zero-order valence-corrected chi connectivity index (χ0v) is 21.4. The van der Waals surface area contributed by atoms with Gasteiger partial charge in [0.25, 0.3) is 0 Å². The van der Waals surface area contributed by atoms with Crippen molar-refractivity contribution < 1.29 is 51.6 Å². The van der Waals surface area contributed by atoms with Gasteiger partial charge in [0, 0.05) is 22.5 Å². The third kappa shape index (κ3) is 4.85. The Hall–Kier alpha value is -0.986.